The van der Waals surface area contributed by atoms with E-state index in [1.165, 1.54) is 11.0 Å². The number of pyridine rings is 1. The normalized spacial score (nSPS) is 10.2. The average molecular weight is 290 g/mol. The van der Waals surface area contributed by atoms with Gasteiger partial charge in [-0.25, -0.2) is 4.98 Å². The van der Waals surface area contributed by atoms with Gasteiger partial charge >= 0.3 is 5.69 Å². The summed E-state index contributed by atoms with van der Waals surface area (Å²) >= 11 is 1.72. The second kappa shape index (κ2) is 6.76. The van der Waals surface area contributed by atoms with E-state index in [2.05, 4.69) is 10.3 Å². The first-order valence-corrected chi connectivity index (χ1v) is 6.98. The summed E-state index contributed by atoms with van der Waals surface area (Å²) in [4.78, 5) is 15.2. The fraction of sp³-hybridized carbons (Fsp3) is 0.154. The number of benzene rings is 1. The van der Waals surface area contributed by atoms with Gasteiger partial charge in [-0.2, -0.15) is 0 Å². The topological polar surface area (TPSA) is 94.1 Å². The molecule has 1 heterocycles. The largest absolute Gasteiger partial charge is 0.378 e. The highest BCUT2D eigenvalue weighted by atomic mass is 32.2. The van der Waals surface area contributed by atoms with Gasteiger partial charge in [-0.1, -0.05) is 18.2 Å². The molecule has 0 atom stereocenters. The second-order valence-corrected chi connectivity index (χ2v) is 5.11. The van der Waals surface area contributed by atoms with Crippen LogP contribution in [0.5, 0.6) is 0 Å². The summed E-state index contributed by atoms with van der Waals surface area (Å²) in [5.74, 6) is 1.33. The van der Waals surface area contributed by atoms with Gasteiger partial charge in [0, 0.05) is 23.3 Å². The number of nitrogen functional groups attached to an aromatic ring is 1. The second-order valence-electron chi connectivity index (χ2n) is 3.95. The van der Waals surface area contributed by atoms with E-state index in [1.54, 1.807) is 17.8 Å². The zero-order valence-electron chi connectivity index (χ0n) is 10.7. The third kappa shape index (κ3) is 3.86. The van der Waals surface area contributed by atoms with Gasteiger partial charge in [0.05, 0.1) is 4.92 Å². The first kappa shape index (κ1) is 14.1. The molecule has 7 heteroatoms. The minimum atomic E-state index is -0.544. The van der Waals surface area contributed by atoms with E-state index in [0.29, 0.717) is 12.4 Å². The van der Waals surface area contributed by atoms with Crippen molar-refractivity contribution in [1.82, 2.24) is 4.98 Å². The van der Waals surface area contributed by atoms with Gasteiger partial charge in [-0.05, 0) is 18.2 Å². The summed E-state index contributed by atoms with van der Waals surface area (Å²) in [6, 6.07) is 13.0. The fourth-order valence-corrected chi connectivity index (χ4v) is 2.37. The van der Waals surface area contributed by atoms with Crippen LogP contribution in [0.4, 0.5) is 17.3 Å². The Morgan fingerprint density at radius 1 is 1.25 bits per heavy atom. The van der Waals surface area contributed by atoms with Crippen molar-refractivity contribution in [3.05, 3.63) is 52.6 Å². The number of nitrogens with zero attached hydrogens (tertiary/aromatic N) is 2. The maximum Gasteiger partial charge on any atom is 0.311 e. The molecule has 0 amide bonds. The molecule has 6 nitrogen and oxygen atoms in total. The summed E-state index contributed by atoms with van der Waals surface area (Å²) < 4.78 is 0. The molecule has 0 saturated carbocycles. The van der Waals surface area contributed by atoms with Gasteiger partial charge in [-0.15, -0.1) is 11.8 Å². The molecular weight excluding hydrogens is 276 g/mol. The lowest BCUT2D eigenvalue weighted by atomic mass is 10.4. The van der Waals surface area contributed by atoms with Gasteiger partial charge < -0.3 is 11.1 Å². The molecule has 0 saturated heterocycles. The van der Waals surface area contributed by atoms with E-state index in [4.69, 9.17) is 5.73 Å². The van der Waals surface area contributed by atoms with Gasteiger partial charge in [0.15, 0.2) is 0 Å². The predicted molar refractivity (Wildman–Crippen MR) is 81.0 cm³/mol. The van der Waals surface area contributed by atoms with Gasteiger partial charge in [0.1, 0.15) is 5.82 Å². The van der Waals surface area contributed by atoms with E-state index < -0.39 is 4.92 Å². The Kier molecular flexibility index (Phi) is 4.78. The first-order valence-electron chi connectivity index (χ1n) is 5.99. The van der Waals surface area contributed by atoms with E-state index in [0.717, 1.165) is 5.75 Å². The molecule has 0 aliphatic rings. The third-order valence-corrected chi connectivity index (χ3v) is 3.53. The monoisotopic (exact) mass is 290 g/mol. The third-order valence-electron chi connectivity index (χ3n) is 2.52. The standard InChI is InChI=1S/C13H14N4O2S/c14-13-11(17(18)19)6-7-12(16-13)15-8-9-20-10-4-2-1-3-5-10/h1-7H,8-9H2,(H3,14,15,16). The quantitative estimate of drug-likeness (QED) is 0.368. The molecule has 1 aromatic carbocycles. The number of nitrogens with two attached hydrogens (primary N) is 1. The Bertz CT molecular complexity index is 592. The molecular formula is C13H14N4O2S. The molecule has 0 unspecified atom stereocenters. The molecule has 1 aromatic heterocycles. The number of hydrogen-bond donors (Lipinski definition) is 2. The molecule has 2 rings (SSSR count). The van der Waals surface area contributed by atoms with Crippen molar-refractivity contribution in [2.24, 2.45) is 0 Å². The lowest BCUT2D eigenvalue weighted by molar-refractivity contribution is -0.384. The molecule has 104 valence electrons. The Labute approximate surface area is 120 Å². The number of aromatic nitrogens is 1. The van der Waals surface area contributed by atoms with Crippen molar-refractivity contribution >= 4 is 29.1 Å². The molecule has 0 spiro atoms. The molecule has 0 bridgehead atoms. The van der Waals surface area contributed by atoms with E-state index in [-0.39, 0.29) is 11.5 Å². The lowest BCUT2D eigenvalue weighted by Gasteiger charge is -2.06. The SMILES string of the molecule is Nc1nc(NCCSc2ccccc2)ccc1[N+](=O)[O-]. The van der Waals surface area contributed by atoms with Crippen LogP contribution >= 0.6 is 11.8 Å². The molecule has 2 aromatic rings. The zero-order chi connectivity index (χ0) is 14.4. The highest BCUT2D eigenvalue weighted by Crippen LogP contribution is 2.21. The Balaban J connectivity index is 1.83. The van der Waals surface area contributed by atoms with Crippen LogP contribution in [0.2, 0.25) is 0 Å². The van der Waals surface area contributed by atoms with Crippen LogP contribution < -0.4 is 11.1 Å². The number of rotatable bonds is 6. The lowest BCUT2D eigenvalue weighted by Crippen LogP contribution is -2.07. The Hall–Kier alpha value is -2.28. The van der Waals surface area contributed by atoms with Crippen molar-refractivity contribution < 1.29 is 4.92 Å². The smallest absolute Gasteiger partial charge is 0.311 e. The summed E-state index contributed by atoms with van der Waals surface area (Å²) in [6.07, 6.45) is 0. The van der Waals surface area contributed by atoms with Crippen molar-refractivity contribution in [2.75, 3.05) is 23.3 Å². The Morgan fingerprint density at radius 3 is 2.65 bits per heavy atom. The summed E-state index contributed by atoms with van der Waals surface area (Å²) in [6.45, 7) is 0.698. The number of hydrogen-bond acceptors (Lipinski definition) is 6. The van der Waals surface area contributed by atoms with Crippen LogP contribution in [0.25, 0.3) is 0 Å². The van der Waals surface area contributed by atoms with Gasteiger partial charge in [0.2, 0.25) is 5.82 Å². The van der Waals surface area contributed by atoms with E-state index >= 15 is 0 Å². The fourth-order valence-electron chi connectivity index (χ4n) is 1.59. The molecule has 20 heavy (non-hydrogen) atoms. The van der Waals surface area contributed by atoms with Crippen LogP contribution in [0.15, 0.2) is 47.4 Å². The number of nitro groups is 1. The molecule has 0 aliphatic heterocycles. The Morgan fingerprint density at radius 2 is 2.00 bits per heavy atom. The van der Waals surface area contributed by atoms with Gasteiger partial charge in [0.25, 0.3) is 0 Å². The maximum atomic E-state index is 10.6. The van der Waals surface area contributed by atoms with E-state index in [9.17, 15) is 10.1 Å². The zero-order valence-corrected chi connectivity index (χ0v) is 11.5. The van der Waals surface area contributed by atoms with Gasteiger partial charge in [-0.3, -0.25) is 10.1 Å². The predicted octanol–water partition coefficient (Wildman–Crippen LogP) is 2.78. The number of thioether (sulfide) groups is 1. The summed E-state index contributed by atoms with van der Waals surface area (Å²) in [7, 11) is 0. The molecule has 0 fully saturated rings. The van der Waals surface area contributed by atoms with Crippen LogP contribution in [0.3, 0.4) is 0 Å². The van der Waals surface area contributed by atoms with Crippen molar-refractivity contribution in [2.45, 2.75) is 4.90 Å². The minimum absolute atomic E-state index is 0.0734. The summed E-state index contributed by atoms with van der Waals surface area (Å²) in [5, 5.41) is 13.7. The van der Waals surface area contributed by atoms with Crippen LogP contribution in [0.1, 0.15) is 0 Å². The average Bonchev–Trinajstić information content (AvgIpc) is 2.44. The van der Waals surface area contributed by atoms with Crippen molar-refractivity contribution in [1.29, 1.82) is 0 Å². The van der Waals surface area contributed by atoms with Crippen LogP contribution in [-0.2, 0) is 0 Å². The highest BCUT2D eigenvalue weighted by Gasteiger charge is 2.12. The molecule has 0 aliphatic carbocycles. The van der Waals surface area contributed by atoms with Crippen molar-refractivity contribution in [3.8, 4) is 0 Å². The first-order chi connectivity index (χ1) is 9.66. The number of anilines is 2. The molecule has 3 N–H and O–H groups in total. The summed E-state index contributed by atoms with van der Waals surface area (Å²) in [5.41, 5.74) is 5.35. The van der Waals surface area contributed by atoms with Crippen LogP contribution in [-0.4, -0.2) is 22.2 Å². The number of nitrogens with one attached hydrogen (secondary N) is 1. The van der Waals surface area contributed by atoms with Crippen LogP contribution in [0, 0.1) is 10.1 Å². The minimum Gasteiger partial charge on any atom is -0.378 e. The molecule has 0 radical (unpaired) electrons. The maximum absolute atomic E-state index is 10.6. The highest BCUT2D eigenvalue weighted by molar-refractivity contribution is 7.99. The van der Waals surface area contributed by atoms with Crippen molar-refractivity contribution in [3.63, 3.8) is 0 Å². The van der Waals surface area contributed by atoms with E-state index in [1.807, 2.05) is 30.3 Å².